The van der Waals surface area contributed by atoms with Crippen LogP contribution in [0.15, 0.2) is 48.7 Å². The second-order valence-corrected chi connectivity index (χ2v) is 5.29. The van der Waals surface area contributed by atoms with Crippen LogP contribution in [0.2, 0.25) is 0 Å². The summed E-state index contributed by atoms with van der Waals surface area (Å²) >= 11 is 0. The Morgan fingerprint density at radius 3 is 2.38 bits per heavy atom. The van der Waals surface area contributed by atoms with Crippen molar-refractivity contribution < 1.29 is 0 Å². The Balaban J connectivity index is 1.53. The monoisotopic (exact) mass is 283 g/mol. The molecule has 0 radical (unpaired) electrons. The summed E-state index contributed by atoms with van der Waals surface area (Å²) in [4.78, 5) is 9.16. The van der Waals surface area contributed by atoms with E-state index >= 15 is 0 Å². The van der Waals surface area contributed by atoms with E-state index in [0.717, 1.165) is 32.7 Å². The fourth-order valence-electron chi connectivity index (χ4n) is 2.66. The average Bonchev–Trinajstić information content (AvgIpc) is 2.57. The van der Waals surface area contributed by atoms with Crippen molar-refractivity contribution in [3.05, 3.63) is 54.2 Å². The number of nitrogens with two attached hydrogens (primary N) is 1. The number of pyridine rings is 1. The molecule has 2 aromatic rings. The van der Waals surface area contributed by atoms with Gasteiger partial charge in [0.1, 0.15) is 5.82 Å². The minimum atomic E-state index is 0.702. The van der Waals surface area contributed by atoms with Gasteiger partial charge in [0, 0.05) is 44.6 Å². The Bertz CT molecular complexity index is 547. The predicted octanol–water partition coefficient (Wildman–Crippen LogP) is 1.69. The van der Waals surface area contributed by atoms with Crippen molar-refractivity contribution in [2.45, 2.75) is 6.54 Å². The van der Waals surface area contributed by atoms with E-state index in [1.54, 1.807) is 0 Å². The highest BCUT2D eigenvalue weighted by Crippen LogP contribution is 2.16. The Morgan fingerprint density at radius 2 is 1.76 bits per heavy atom. The molecule has 0 amide bonds. The molecule has 3 N–H and O–H groups in total. The van der Waals surface area contributed by atoms with Crippen molar-refractivity contribution in [1.29, 1.82) is 0 Å². The zero-order chi connectivity index (χ0) is 14.5. The average molecular weight is 283 g/mol. The van der Waals surface area contributed by atoms with Gasteiger partial charge in [-0.05, 0) is 23.8 Å². The second kappa shape index (κ2) is 6.56. The molecule has 0 spiro atoms. The highest BCUT2D eigenvalue weighted by atomic mass is 15.3. The van der Waals surface area contributed by atoms with Crippen molar-refractivity contribution in [2.24, 2.45) is 5.84 Å². The van der Waals surface area contributed by atoms with E-state index in [4.69, 9.17) is 5.84 Å². The maximum atomic E-state index is 5.33. The molecule has 0 atom stereocenters. The zero-order valence-corrected chi connectivity index (χ0v) is 12.1. The number of nitrogens with zero attached hydrogens (tertiary/aromatic N) is 3. The fraction of sp³-hybridized carbons (Fsp3) is 0.312. The minimum Gasteiger partial charge on any atom is -0.369 e. The Morgan fingerprint density at radius 1 is 1.00 bits per heavy atom. The summed E-state index contributed by atoms with van der Waals surface area (Å²) in [5.41, 5.74) is 5.09. The lowest BCUT2D eigenvalue weighted by Gasteiger charge is -2.36. The van der Waals surface area contributed by atoms with Crippen molar-refractivity contribution in [3.63, 3.8) is 0 Å². The molecule has 1 aromatic carbocycles. The number of hydrogen-bond donors (Lipinski definition) is 2. The first-order valence-corrected chi connectivity index (χ1v) is 7.29. The normalized spacial score (nSPS) is 16.0. The summed E-state index contributed by atoms with van der Waals surface area (Å²) in [6, 6.07) is 14.6. The van der Waals surface area contributed by atoms with Gasteiger partial charge in [0.2, 0.25) is 0 Å². The molecule has 1 saturated heterocycles. The van der Waals surface area contributed by atoms with Crippen molar-refractivity contribution in [3.8, 4) is 0 Å². The number of para-hydroxylation sites is 1. The molecule has 1 fully saturated rings. The first-order chi connectivity index (χ1) is 10.3. The van der Waals surface area contributed by atoms with Crippen LogP contribution in [0.1, 0.15) is 5.56 Å². The molecule has 0 unspecified atom stereocenters. The highest BCUT2D eigenvalue weighted by molar-refractivity contribution is 5.46. The molecule has 5 heteroatoms. The molecular weight excluding hydrogens is 262 g/mol. The van der Waals surface area contributed by atoms with Crippen molar-refractivity contribution in [1.82, 2.24) is 9.88 Å². The lowest BCUT2D eigenvalue weighted by molar-refractivity contribution is 0.249. The van der Waals surface area contributed by atoms with E-state index in [-0.39, 0.29) is 0 Å². The van der Waals surface area contributed by atoms with Crippen LogP contribution < -0.4 is 16.2 Å². The van der Waals surface area contributed by atoms with Crippen molar-refractivity contribution >= 4 is 11.5 Å². The number of hydrazine groups is 1. The van der Waals surface area contributed by atoms with Crippen LogP contribution in [-0.2, 0) is 6.54 Å². The molecule has 5 nitrogen and oxygen atoms in total. The molecule has 0 bridgehead atoms. The van der Waals surface area contributed by atoms with E-state index in [0.29, 0.717) is 5.82 Å². The van der Waals surface area contributed by atoms with Crippen LogP contribution in [0, 0.1) is 0 Å². The van der Waals surface area contributed by atoms with Gasteiger partial charge in [-0.15, -0.1) is 0 Å². The zero-order valence-electron chi connectivity index (χ0n) is 12.1. The Labute approximate surface area is 125 Å². The number of nitrogen functional groups attached to an aromatic ring is 1. The number of nitrogens with one attached hydrogen (secondary N) is 1. The standard InChI is InChI=1S/C16H21N5/c17-19-16-7-6-14(12-18-16)13-20-8-10-21(11-9-20)15-4-2-1-3-5-15/h1-7,12H,8-11,13,17H2,(H,18,19). The van der Waals surface area contributed by atoms with Gasteiger partial charge in [-0.25, -0.2) is 10.8 Å². The van der Waals surface area contributed by atoms with Crippen LogP contribution in [-0.4, -0.2) is 36.1 Å². The number of piperazine rings is 1. The quantitative estimate of drug-likeness (QED) is 0.660. The van der Waals surface area contributed by atoms with Crippen LogP contribution in [0.5, 0.6) is 0 Å². The summed E-state index contributed by atoms with van der Waals surface area (Å²) in [7, 11) is 0. The van der Waals surface area contributed by atoms with Gasteiger partial charge in [0.15, 0.2) is 0 Å². The SMILES string of the molecule is NNc1ccc(CN2CCN(c3ccccc3)CC2)cn1. The maximum absolute atomic E-state index is 5.33. The third kappa shape index (κ3) is 3.51. The van der Waals surface area contributed by atoms with Crippen LogP contribution in [0.4, 0.5) is 11.5 Å². The molecule has 1 aliphatic rings. The first-order valence-electron chi connectivity index (χ1n) is 7.29. The highest BCUT2D eigenvalue weighted by Gasteiger charge is 2.17. The van der Waals surface area contributed by atoms with Gasteiger partial charge in [0.05, 0.1) is 0 Å². The second-order valence-electron chi connectivity index (χ2n) is 5.29. The lowest BCUT2D eigenvalue weighted by atomic mass is 10.2. The van der Waals surface area contributed by atoms with E-state index in [1.807, 2.05) is 12.3 Å². The van der Waals surface area contributed by atoms with Gasteiger partial charge in [-0.2, -0.15) is 0 Å². The molecule has 21 heavy (non-hydrogen) atoms. The molecule has 2 heterocycles. The van der Waals surface area contributed by atoms with Gasteiger partial charge >= 0.3 is 0 Å². The first kappa shape index (κ1) is 13.9. The molecule has 0 saturated carbocycles. The molecule has 1 aromatic heterocycles. The van der Waals surface area contributed by atoms with Gasteiger partial charge in [-0.1, -0.05) is 24.3 Å². The Kier molecular flexibility index (Phi) is 4.33. The predicted molar refractivity (Wildman–Crippen MR) is 86.0 cm³/mol. The van der Waals surface area contributed by atoms with Crippen LogP contribution >= 0.6 is 0 Å². The van der Waals surface area contributed by atoms with Crippen molar-refractivity contribution in [2.75, 3.05) is 36.5 Å². The van der Waals surface area contributed by atoms with Crippen LogP contribution in [0.25, 0.3) is 0 Å². The van der Waals surface area contributed by atoms with E-state index < -0.39 is 0 Å². The number of aromatic nitrogens is 1. The smallest absolute Gasteiger partial charge is 0.139 e. The van der Waals surface area contributed by atoms with Gasteiger partial charge in [-0.3, -0.25) is 4.90 Å². The third-order valence-corrected chi connectivity index (χ3v) is 3.87. The molecular formula is C16H21N5. The maximum Gasteiger partial charge on any atom is 0.139 e. The molecule has 110 valence electrons. The molecule has 3 rings (SSSR count). The Hall–Kier alpha value is -2.11. The van der Waals surface area contributed by atoms with E-state index in [1.165, 1.54) is 11.3 Å². The minimum absolute atomic E-state index is 0.702. The summed E-state index contributed by atoms with van der Waals surface area (Å²) in [6.45, 7) is 5.23. The third-order valence-electron chi connectivity index (χ3n) is 3.87. The molecule has 1 aliphatic heterocycles. The number of hydrogen-bond acceptors (Lipinski definition) is 5. The summed E-state index contributed by atoms with van der Waals surface area (Å²) in [5, 5.41) is 0. The fourth-order valence-corrected chi connectivity index (χ4v) is 2.66. The lowest BCUT2D eigenvalue weighted by Crippen LogP contribution is -2.45. The number of rotatable bonds is 4. The van der Waals surface area contributed by atoms with Gasteiger partial charge < -0.3 is 10.3 Å². The van der Waals surface area contributed by atoms with E-state index in [9.17, 15) is 0 Å². The van der Waals surface area contributed by atoms with Gasteiger partial charge in [0.25, 0.3) is 0 Å². The topological polar surface area (TPSA) is 57.4 Å². The number of anilines is 2. The largest absolute Gasteiger partial charge is 0.369 e. The summed E-state index contributed by atoms with van der Waals surface area (Å²) in [5.74, 6) is 6.03. The van der Waals surface area contributed by atoms with E-state index in [2.05, 4.69) is 56.6 Å². The number of benzene rings is 1. The summed E-state index contributed by atoms with van der Waals surface area (Å²) < 4.78 is 0. The summed E-state index contributed by atoms with van der Waals surface area (Å²) in [6.07, 6.45) is 1.89. The molecule has 0 aliphatic carbocycles. The van der Waals surface area contributed by atoms with Crippen LogP contribution in [0.3, 0.4) is 0 Å².